The molecule has 6 heteroatoms. The molecule has 96 valence electrons. The van der Waals surface area contributed by atoms with E-state index >= 15 is 0 Å². The first kappa shape index (κ1) is 13.1. The molecule has 0 saturated carbocycles. The van der Waals surface area contributed by atoms with Gasteiger partial charge in [-0.05, 0) is 35.1 Å². The van der Waals surface area contributed by atoms with E-state index < -0.39 is 0 Å². The van der Waals surface area contributed by atoms with Gasteiger partial charge in [0.25, 0.3) is 0 Å². The van der Waals surface area contributed by atoms with Crippen molar-refractivity contribution in [1.82, 2.24) is 19.6 Å². The van der Waals surface area contributed by atoms with Crippen LogP contribution >= 0.6 is 22.6 Å². The van der Waals surface area contributed by atoms with E-state index in [2.05, 4.69) is 39.4 Å². The van der Waals surface area contributed by atoms with E-state index in [1.165, 1.54) is 0 Å². The Balaban J connectivity index is 2.45. The van der Waals surface area contributed by atoms with Crippen LogP contribution in [-0.2, 0) is 13.6 Å². The van der Waals surface area contributed by atoms with Crippen LogP contribution in [0.2, 0.25) is 0 Å². The second-order valence-electron chi connectivity index (χ2n) is 3.89. The fraction of sp³-hybridized carbons (Fsp3) is 0.333. The van der Waals surface area contributed by atoms with Crippen molar-refractivity contribution in [2.24, 2.45) is 7.05 Å². The van der Waals surface area contributed by atoms with Crippen LogP contribution in [0.1, 0.15) is 18.1 Å². The van der Waals surface area contributed by atoms with E-state index in [1.54, 1.807) is 11.8 Å². The molecule has 0 atom stereocenters. The Hall–Kier alpha value is -1.31. The van der Waals surface area contributed by atoms with Crippen LogP contribution in [0.25, 0.3) is 5.57 Å². The molecule has 0 spiro atoms. The van der Waals surface area contributed by atoms with Gasteiger partial charge in [0.05, 0.1) is 12.7 Å². The molecule has 0 aliphatic rings. The lowest BCUT2D eigenvalue weighted by Crippen LogP contribution is -1.94. The lowest BCUT2D eigenvalue weighted by molar-refractivity contribution is 0.388. The normalized spacial score (nSPS) is 10.7. The minimum absolute atomic E-state index is 0.599. The van der Waals surface area contributed by atoms with Crippen LogP contribution in [0.4, 0.5) is 0 Å². The molecular weight excluding hydrogens is 343 g/mol. The third-order valence-corrected chi connectivity index (χ3v) is 3.48. The number of aromatic nitrogens is 4. The van der Waals surface area contributed by atoms with Crippen molar-refractivity contribution in [3.63, 3.8) is 0 Å². The summed E-state index contributed by atoms with van der Waals surface area (Å²) in [5, 5.41) is 8.65. The standard InChI is InChI=1S/C12H15IN4O/c1-5-17-7-10(12(15-17)18-4)8(2)9-6-16(3)14-11(9)13/h6-7H,2,5H2,1,3-4H3. The van der Waals surface area contributed by atoms with Gasteiger partial charge in [0.15, 0.2) is 0 Å². The zero-order valence-electron chi connectivity index (χ0n) is 10.6. The fourth-order valence-electron chi connectivity index (χ4n) is 1.73. The van der Waals surface area contributed by atoms with Crippen molar-refractivity contribution in [2.45, 2.75) is 13.5 Å². The summed E-state index contributed by atoms with van der Waals surface area (Å²) in [5.41, 5.74) is 2.79. The summed E-state index contributed by atoms with van der Waals surface area (Å²) >= 11 is 2.20. The van der Waals surface area contributed by atoms with Crippen molar-refractivity contribution in [1.29, 1.82) is 0 Å². The number of hydrogen-bond donors (Lipinski definition) is 0. The molecular formula is C12H15IN4O. The van der Waals surface area contributed by atoms with Gasteiger partial charge in [-0.15, -0.1) is 5.10 Å². The summed E-state index contributed by atoms with van der Waals surface area (Å²) in [5.74, 6) is 0.599. The molecule has 0 bridgehead atoms. The van der Waals surface area contributed by atoms with Crippen LogP contribution in [-0.4, -0.2) is 26.7 Å². The minimum atomic E-state index is 0.599. The summed E-state index contributed by atoms with van der Waals surface area (Å²) in [6.45, 7) is 6.97. The van der Waals surface area contributed by atoms with E-state index in [-0.39, 0.29) is 0 Å². The highest BCUT2D eigenvalue weighted by molar-refractivity contribution is 14.1. The van der Waals surface area contributed by atoms with Crippen LogP contribution in [0.15, 0.2) is 19.0 Å². The van der Waals surface area contributed by atoms with Crippen molar-refractivity contribution < 1.29 is 4.74 Å². The molecule has 18 heavy (non-hydrogen) atoms. The topological polar surface area (TPSA) is 44.9 Å². The van der Waals surface area contributed by atoms with Gasteiger partial charge in [0.1, 0.15) is 3.70 Å². The second kappa shape index (κ2) is 5.13. The molecule has 0 amide bonds. The highest BCUT2D eigenvalue weighted by Crippen LogP contribution is 2.30. The molecule has 0 N–H and O–H groups in total. The summed E-state index contributed by atoms with van der Waals surface area (Å²) in [7, 11) is 3.51. The maximum absolute atomic E-state index is 5.29. The Morgan fingerprint density at radius 2 is 2.11 bits per heavy atom. The summed E-state index contributed by atoms with van der Waals surface area (Å²) in [4.78, 5) is 0. The Kier molecular flexibility index (Phi) is 3.74. The van der Waals surface area contributed by atoms with Gasteiger partial charge in [-0.25, -0.2) is 0 Å². The minimum Gasteiger partial charge on any atom is -0.479 e. The molecule has 0 saturated heterocycles. The number of nitrogens with zero attached hydrogens (tertiary/aromatic N) is 4. The predicted octanol–water partition coefficient (Wildman–Crippen LogP) is 2.31. The predicted molar refractivity (Wildman–Crippen MR) is 78.5 cm³/mol. The number of halogens is 1. The van der Waals surface area contributed by atoms with Gasteiger partial charge in [-0.3, -0.25) is 9.36 Å². The van der Waals surface area contributed by atoms with Gasteiger partial charge in [-0.2, -0.15) is 5.10 Å². The molecule has 2 aromatic rings. The Morgan fingerprint density at radius 3 is 2.61 bits per heavy atom. The Morgan fingerprint density at radius 1 is 1.39 bits per heavy atom. The molecule has 2 rings (SSSR count). The summed E-state index contributed by atoms with van der Waals surface area (Å²) < 4.78 is 9.83. The lowest BCUT2D eigenvalue weighted by Gasteiger charge is -2.02. The van der Waals surface area contributed by atoms with Crippen LogP contribution in [0.3, 0.4) is 0 Å². The van der Waals surface area contributed by atoms with E-state index in [4.69, 9.17) is 4.74 Å². The molecule has 2 heterocycles. The van der Waals surface area contributed by atoms with Gasteiger partial charge >= 0.3 is 0 Å². The fourth-order valence-corrected chi connectivity index (χ4v) is 2.54. The smallest absolute Gasteiger partial charge is 0.240 e. The second-order valence-corrected chi connectivity index (χ2v) is 4.92. The van der Waals surface area contributed by atoms with Crippen molar-refractivity contribution >= 4 is 28.2 Å². The highest BCUT2D eigenvalue weighted by Gasteiger charge is 2.17. The van der Waals surface area contributed by atoms with Gasteiger partial charge in [0.2, 0.25) is 5.88 Å². The lowest BCUT2D eigenvalue weighted by atomic mass is 10.1. The quantitative estimate of drug-likeness (QED) is 0.788. The maximum Gasteiger partial charge on any atom is 0.240 e. The third kappa shape index (κ3) is 2.29. The largest absolute Gasteiger partial charge is 0.479 e. The molecule has 0 aliphatic carbocycles. The molecule has 0 radical (unpaired) electrons. The molecule has 0 unspecified atom stereocenters. The average Bonchev–Trinajstić information content (AvgIpc) is 2.91. The number of hydrogen-bond acceptors (Lipinski definition) is 3. The average molecular weight is 358 g/mol. The van der Waals surface area contributed by atoms with Gasteiger partial charge in [0, 0.05) is 31.5 Å². The summed E-state index contributed by atoms with van der Waals surface area (Å²) in [6, 6.07) is 0. The van der Waals surface area contributed by atoms with Crippen molar-refractivity contribution in [2.75, 3.05) is 7.11 Å². The number of rotatable bonds is 4. The van der Waals surface area contributed by atoms with Gasteiger partial charge < -0.3 is 4.74 Å². The number of aryl methyl sites for hydroxylation is 2. The first-order valence-electron chi connectivity index (χ1n) is 5.57. The summed E-state index contributed by atoms with van der Waals surface area (Å²) in [6.07, 6.45) is 3.90. The van der Waals surface area contributed by atoms with Crippen LogP contribution < -0.4 is 4.74 Å². The maximum atomic E-state index is 5.29. The molecule has 2 aromatic heterocycles. The van der Waals surface area contributed by atoms with E-state index in [1.807, 2.05) is 31.0 Å². The van der Waals surface area contributed by atoms with E-state index in [0.29, 0.717) is 5.88 Å². The van der Waals surface area contributed by atoms with E-state index in [0.717, 1.165) is 26.9 Å². The Labute approximate surface area is 120 Å². The van der Waals surface area contributed by atoms with Gasteiger partial charge in [-0.1, -0.05) is 6.58 Å². The SMILES string of the molecule is C=C(c1cn(C)nc1I)c1cn(CC)nc1OC. The highest BCUT2D eigenvalue weighted by atomic mass is 127. The van der Waals surface area contributed by atoms with Crippen LogP contribution in [0.5, 0.6) is 5.88 Å². The number of ether oxygens (including phenoxy) is 1. The monoisotopic (exact) mass is 358 g/mol. The first-order chi connectivity index (χ1) is 8.56. The molecule has 5 nitrogen and oxygen atoms in total. The third-order valence-electron chi connectivity index (χ3n) is 2.68. The Bertz CT molecular complexity index is 585. The molecule has 0 aliphatic heterocycles. The molecule has 0 aromatic carbocycles. The first-order valence-corrected chi connectivity index (χ1v) is 6.65. The number of methoxy groups -OCH3 is 1. The van der Waals surface area contributed by atoms with E-state index in [9.17, 15) is 0 Å². The zero-order chi connectivity index (χ0) is 13.3. The zero-order valence-corrected chi connectivity index (χ0v) is 12.8. The van der Waals surface area contributed by atoms with Crippen molar-refractivity contribution in [3.05, 3.63) is 33.8 Å². The van der Waals surface area contributed by atoms with Crippen molar-refractivity contribution in [3.8, 4) is 5.88 Å². The molecule has 0 fully saturated rings. The van der Waals surface area contributed by atoms with Crippen LogP contribution in [0, 0.1) is 3.70 Å².